The predicted octanol–water partition coefficient (Wildman–Crippen LogP) is 2.71. The Morgan fingerprint density at radius 1 is 1.18 bits per heavy atom. The molecule has 0 N–H and O–H groups in total. The molecule has 0 spiro atoms. The SMILES string of the molecule is CCn1c(COC(=O)[C@@H]2CC(=O)N(c3ccc(C)cc3)C2)nc2cc(S(=O)(=O)N(C)C)ccc21. The number of ether oxygens (including phenoxy) is 1. The molecule has 1 aliphatic heterocycles. The molecular formula is C24H28N4O5S. The Balaban J connectivity index is 1.49. The van der Waals surface area contributed by atoms with Crippen LogP contribution in [0.1, 0.15) is 24.7 Å². The highest BCUT2D eigenvalue weighted by Gasteiger charge is 2.36. The van der Waals surface area contributed by atoms with E-state index in [9.17, 15) is 18.0 Å². The lowest BCUT2D eigenvalue weighted by Crippen LogP contribution is -2.26. The van der Waals surface area contributed by atoms with Crippen LogP contribution in [-0.4, -0.2) is 54.8 Å². The van der Waals surface area contributed by atoms with Crippen molar-refractivity contribution in [1.82, 2.24) is 13.9 Å². The molecule has 1 aliphatic rings. The summed E-state index contributed by atoms with van der Waals surface area (Å²) < 4.78 is 33.5. The molecule has 1 fully saturated rings. The quantitative estimate of drug-likeness (QED) is 0.478. The second kappa shape index (κ2) is 9.19. The minimum Gasteiger partial charge on any atom is -0.457 e. The number of imidazole rings is 1. The smallest absolute Gasteiger partial charge is 0.311 e. The fraction of sp³-hybridized carbons (Fsp3) is 0.375. The van der Waals surface area contributed by atoms with Crippen molar-refractivity contribution >= 4 is 38.6 Å². The molecule has 1 amide bonds. The first kappa shape index (κ1) is 23.9. The summed E-state index contributed by atoms with van der Waals surface area (Å²) in [5.74, 6) is -0.593. The number of anilines is 1. The van der Waals surface area contributed by atoms with Crippen molar-refractivity contribution in [2.24, 2.45) is 5.92 Å². The molecule has 34 heavy (non-hydrogen) atoms. The van der Waals surface area contributed by atoms with Crippen molar-refractivity contribution in [2.45, 2.75) is 38.3 Å². The zero-order valence-corrected chi connectivity index (χ0v) is 20.5. The zero-order chi connectivity index (χ0) is 24.6. The van der Waals surface area contributed by atoms with Crippen molar-refractivity contribution in [3.8, 4) is 0 Å². The number of nitrogens with zero attached hydrogens (tertiary/aromatic N) is 4. The molecule has 180 valence electrons. The van der Waals surface area contributed by atoms with Crippen LogP contribution >= 0.6 is 0 Å². The highest BCUT2D eigenvalue weighted by Crippen LogP contribution is 2.27. The first-order valence-electron chi connectivity index (χ1n) is 11.1. The van der Waals surface area contributed by atoms with Crippen molar-refractivity contribution in [2.75, 3.05) is 25.5 Å². The van der Waals surface area contributed by atoms with E-state index in [1.54, 1.807) is 17.0 Å². The number of esters is 1. The Hall–Kier alpha value is -3.24. The summed E-state index contributed by atoms with van der Waals surface area (Å²) in [6.07, 6.45) is 0.0999. The van der Waals surface area contributed by atoms with Gasteiger partial charge in [0.2, 0.25) is 15.9 Å². The summed E-state index contributed by atoms with van der Waals surface area (Å²) in [7, 11) is -0.639. The van der Waals surface area contributed by atoms with Crippen LogP contribution in [0.3, 0.4) is 0 Å². The second-order valence-corrected chi connectivity index (χ2v) is 10.7. The van der Waals surface area contributed by atoms with Gasteiger partial charge in [-0.1, -0.05) is 17.7 Å². The number of amides is 1. The molecule has 9 nitrogen and oxygen atoms in total. The molecule has 3 aromatic rings. The molecule has 0 unspecified atom stereocenters. The highest BCUT2D eigenvalue weighted by atomic mass is 32.2. The van der Waals surface area contributed by atoms with E-state index in [0.717, 1.165) is 21.1 Å². The lowest BCUT2D eigenvalue weighted by Gasteiger charge is -2.16. The molecule has 0 bridgehead atoms. The number of sulfonamides is 1. The Bertz CT molecular complexity index is 1350. The molecule has 10 heteroatoms. The standard InChI is InChI=1S/C24H28N4O5S/c1-5-27-21-11-10-19(34(31,32)26(3)4)13-20(21)25-22(27)15-33-24(30)17-12-23(29)28(14-17)18-8-6-16(2)7-9-18/h6-11,13,17H,5,12,14-15H2,1-4H3/t17-/m1/s1. The molecule has 0 radical (unpaired) electrons. The lowest BCUT2D eigenvalue weighted by atomic mass is 10.1. The maximum atomic E-state index is 12.7. The maximum absolute atomic E-state index is 12.7. The molecule has 1 aromatic heterocycles. The third-order valence-electron chi connectivity index (χ3n) is 6.04. The summed E-state index contributed by atoms with van der Waals surface area (Å²) in [4.78, 5) is 31.5. The molecule has 2 heterocycles. The van der Waals surface area contributed by atoms with E-state index in [-0.39, 0.29) is 30.4 Å². The number of carbonyl (C=O) groups is 2. The number of carbonyl (C=O) groups excluding carboxylic acids is 2. The number of rotatable bonds is 7. The lowest BCUT2D eigenvalue weighted by molar-refractivity contribution is -0.150. The Kier molecular flexibility index (Phi) is 6.46. The molecule has 1 atom stereocenters. The van der Waals surface area contributed by atoms with Gasteiger partial charge in [0.1, 0.15) is 12.4 Å². The van der Waals surface area contributed by atoms with Gasteiger partial charge in [-0.3, -0.25) is 9.59 Å². The Labute approximate surface area is 199 Å². The van der Waals surface area contributed by atoms with Gasteiger partial charge in [-0.05, 0) is 44.2 Å². The molecular weight excluding hydrogens is 456 g/mol. The average Bonchev–Trinajstić information content (AvgIpc) is 3.37. The number of aryl methyl sites for hydroxylation is 2. The van der Waals surface area contributed by atoms with Crippen molar-refractivity contribution < 1.29 is 22.7 Å². The van der Waals surface area contributed by atoms with Gasteiger partial charge in [-0.2, -0.15) is 0 Å². The number of hydrogen-bond acceptors (Lipinski definition) is 6. The monoisotopic (exact) mass is 484 g/mol. The highest BCUT2D eigenvalue weighted by molar-refractivity contribution is 7.89. The minimum atomic E-state index is -3.59. The van der Waals surface area contributed by atoms with Crippen LogP contribution in [0.4, 0.5) is 5.69 Å². The van der Waals surface area contributed by atoms with E-state index in [2.05, 4.69) is 4.98 Å². The molecule has 2 aromatic carbocycles. The predicted molar refractivity (Wildman–Crippen MR) is 128 cm³/mol. The minimum absolute atomic E-state index is 0.0632. The van der Waals surface area contributed by atoms with Crippen molar-refractivity contribution in [1.29, 1.82) is 0 Å². The van der Waals surface area contributed by atoms with Crippen LogP contribution in [0.5, 0.6) is 0 Å². The first-order valence-corrected chi connectivity index (χ1v) is 12.5. The van der Waals surface area contributed by atoms with Crippen molar-refractivity contribution in [3.63, 3.8) is 0 Å². The van der Waals surface area contributed by atoms with Gasteiger partial charge >= 0.3 is 5.97 Å². The maximum Gasteiger partial charge on any atom is 0.311 e. The third-order valence-corrected chi connectivity index (χ3v) is 7.85. The number of benzene rings is 2. The average molecular weight is 485 g/mol. The van der Waals surface area contributed by atoms with E-state index in [4.69, 9.17) is 4.74 Å². The Morgan fingerprint density at radius 2 is 1.88 bits per heavy atom. The van der Waals surface area contributed by atoms with Crippen LogP contribution in [0.15, 0.2) is 47.4 Å². The van der Waals surface area contributed by atoms with Crippen LogP contribution in [0.25, 0.3) is 11.0 Å². The van der Waals surface area contributed by atoms with Gasteiger partial charge < -0.3 is 14.2 Å². The number of fused-ring (bicyclic) bond motifs is 1. The summed E-state index contributed by atoms with van der Waals surface area (Å²) in [6.45, 7) is 4.70. The summed E-state index contributed by atoms with van der Waals surface area (Å²) in [6, 6.07) is 12.4. The molecule has 4 rings (SSSR count). The number of aromatic nitrogens is 2. The van der Waals surface area contributed by atoms with E-state index in [0.29, 0.717) is 17.9 Å². The van der Waals surface area contributed by atoms with Crippen molar-refractivity contribution in [3.05, 3.63) is 53.9 Å². The first-order chi connectivity index (χ1) is 16.1. The van der Waals surface area contributed by atoms with Crippen LogP contribution in [-0.2, 0) is 37.5 Å². The van der Waals surface area contributed by atoms with Gasteiger partial charge in [0.25, 0.3) is 0 Å². The topological polar surface area (TPSA) is 102 Å². The van der Waals surface area contributed by atoms with E-state index < -0.39 is 21.9 Å². The normalized spacial score (nSPS) is 16.6. The summed E-state index contributed by atoms with van der Waals surface area (Å²) in [5, 5.41) is 0. The van der Waals surface area contributed by atoms with Gasteiger partial charge in [-0.15, -0.1) is 0 Å². The van der Waals surface area contributed by atoms with Gasteiger partial charge in [0.15, 0.2) is 0 Å². The van der Waals surface area contributed by atoms with Crippen LogP contribution < -0.4 is 4.90 Å². The van der Waals surface area contributed by atoms with Gasteiger partial charge in [-0.25, -0.2) is 17.7 Å². The van der Waals surface area contributed by atoms with Gasteiger partial charge in [0, 0.05) is 39.3 Å². The summed E-state index contributed by atoms with van der Waals surface area (Å²) >= 11 is 0. The number of hydrogen-bond donors (Lipinski definition) is 0. The van der Waals surface area contributed by atoms with E-state index in [1.165, 1.54) is 20.2 Å². The van der Waals surface area contributed by atoms with Crippen LogP contribution in [0.2, 0.25) is 0 Å². The third kappa shape index (κ3) is 4.43. The molecule has 1 saturated heterocycles. The van der Waals surface area contributed by atoms with Crippen LogP contribution in [0, 0.1) is 12.8 Å². The fourth-order valence-corrected chi connectivity index (χ4v) is 5.01. The fourth-order valence-electron chi connectivity index (χ4n) is 4.09. The molecule has 0 aliphatic carbocycles. The van der Waals surface area contributed by atoms with Gasteiger partial charge in [0.05, 0.1) is 21.8 Å². The largest absolute Gasteiger partial charge is 0.457 e. The molecule has 0 saturated carbocycles. The second-order valence-electron chi connectivity index (χ2n) is 8.56. The van der Waals surface area contributed by atoms with E-state index in [1.807, 2.05) is 42.7 Å². The Morgan fingerprint density at radius 3 is 2.53 bits per heavy atom. The summed E-state index contributed by atoms with van der Waals surface area (Å²) in [5.41, 5.74) is 3.13. The zero-order valence-electron chi connectivity index (χ0n) is 19.7. The van der Waals surface area contributed by atoms with E-state index >= 15 is 0 Å².